The lowest BCUT2D eigenvalue weighted by Crippen LogP contribution is -2.19. The first-order chi connectivity index (χ1) is 12.3. The molecule has 25 heavy (non-hydrogen) atoms. The third-order valence-electron chi connectivity index (χ3n) is 3.46. The Morgan fingerprint density at radius 3 is 2.92 bits per heavy atom. The molecule has 1 aromatic carbocycles. The molecule has 0 atom stereocenters. The van der Waals surface area contributed by atoms with E-state index in [9.17, 15) is 4.79 Å². The van der Waals surface area contributed by atoms with Gasteiger partial charge in [-0.1, -0.05) is 23.4 Å². The van der Waals surface area contributed by atoms with Crippen molar-refractivity contribution < 1.29 is 14.1 Å². The number of rotatable bonds is 7. The number of anilines is 1. The lowest BCUT2D eigenvalue weighted by molar-refractivity contribution is -0.120. The van der Waals surface area contributed by atoms with Gasteiger partial charge in [-0.05, 0) is 30.7 Å². The Morgan fingerprint density at radius 1 is 1.24 bits per heavy atom. The SMILES string of the molecule is CCOCC(=O)Nc1ccccc1Cc1nc(-c2cccnc2)no1. The minimum atomic E-state index is -0.198. The van der Waals surface area contributed by atoms with E-state index in [1.54, 1.807) is 12.4 Å². The van der Waals surface area contributed by atoms with Crippen LogP contribution in [0.1, 0.15) is 18.4 Å². The molecule has 1 amide bonds. The monoisotopic (exact) mass is 338 g/mol. The number of ether oxygens (including phenoxy) is 1. The number of benzene rings is 1. The van der Waals surface area contributed by atoms with Gasteiger partial charge < -0.3 is 14.6 Å². The van der Waals surface area contributed by atoms with Crippen LogP contribution in [0.3, 0.4) is 0 Å². The summed E-state index contributed by atoms with van der Waals surface area (Å²) in [7, 11) is 0. The highest BCUT2D eigenvalue weighted by atomic mass is 16.5. The Hall–Kier alpha value is -3.06. The van der Waals surface area contributed by atoms with E-state index in [0.29, 0.717) is 30.4 Å². The minimum Gasteiger partial charge on any atom is -0.372 e. The zero-order valence-corrected chi connectivity index (χ0v) is 13.8. The molecule has 3 rings (SSSR count). The molecule has 0 radical (unpaired) electrons. The van der Waals surface area contributed by atoms with Gasteiger partial charge in [0.1, 0.15) is 6.61 Å². The van der Waals surface area contributed by atoms with E-state index in [1.165, 1.54) is 0 Å². The zero-order chi connectivity index (χ0) is 17.5. The molecule has 7 heteroatoms. The Labute approximate surface area is 145 Å². The number of hydrogen-bond acceptors (Lipinski definition) is 6. The van der Waals surface area contributed by atoms with Crippen molar-refractivity contribution in [1.29, 1.82) is 0 Å². The van der Waals surface area contributed by atoms with Crippen LogP contribution >= 0.6 is 0 Å². The molecular weight excluding hydrogens is 320 g/mol. The van der Waals surface area contributed by atoms with Crippen molar-refractivity contribution in [3.05, 3.63) is 60.2 Å². The van der Waals surface area contributed by atoms with E-state index in [4.69, 9.17) is 9.26 Å². The highest BCUT2D eigenvalue weighted by Gasteiger charge is 2.12. The van der Waals surface area contributed by atoms with Crippen LogP contribution in [0.25, 0.3) is 11.4 Å². The largest absolute Gasteiger partial charge is 0.372 e. The van der Waals surface area contributed by atoms with E-state index in [2.05, 4.69) is 20.4 Å². The van der Waals surface area contributed by atoms with E-state index in [1.807, 2.05) is 43.3 Å². The Balaban J connectivity index is 1.73. The maximum absolute atomic E-state index is 11.9. The average molecular weight is 338 g/mol. The fourth-order valence-electron chi connectivity index (χ4n) is 2.28. The predicted octanol–water partition coefficient (Wildman–Crippen LogP) is 2.70. The van der Waals surface area contributed by atoms with Gasteiger partial charge in [0.2, 0.25) is 17.6 Å². The van der Waals surface area contributed by atoms with Crippen LogP contribution in [0.4, 0.5) is 5.69 Å². The fourth-order valence-corrected chi connectivity index (χ4v) is 2.28. The fraction of sp³-hybridized carbons (Fsp3) is 0.222. The number of carbonyl (C=O) groups excluding carboxylic acids is 1. The van der Waals surface area contributed by atoms with E-state index < -0.39 is 0 Å². The number of hydrogen-bond donors (Lipinski definition) is 1. The third-order valence-corrected chi connectivity index (χ3v) is 3.46. The van der Waals surface area contributed by atoms with Gasteiger partial charge in [-0.3, -0.25) is 9.78 Å². The van der Waals surface area contributed by atoms with Gasteiger partial charge in [-0.15, -0.1) is 0 Å². The number of pyridine rings is 1. The predicted molar refractivity (Wildman–Crippen MR) is 91.9 cm³/mol. The summed E-state index contributed by atoms with van der Waals surface area (Å²) >= 11 is 0. The molecule has 0 bridgehead atoms. The number of nitrogens with one attached hydrogen (secondary N) is 1. The molecule has 1 N–H and O–H groups in total. The number of nitrogens with zero attached hydrogens (tertiary/aromatic N) is 3. The highest BCUT2D eigenvalue weighted by Crippen LogP contribution is 2.20. The summed E-state index contributed by atoms with van der Waals surface area (Å²) in [5, 5.41) is 6.82. The average Bonchev–Trinajstić information content (AvgIpc) is 3.11. The zero-order valence-electron chi connectivity index (χ0n) is 13.8. The Kier molecular flexibility index (Phi) is 5.48. The van der Waals surface area contributed by atoms with Gasteiger partial charge in [-0.2, -0.15) is 4.98 Å². The van der Waals surface area contributed by atoms with Crippen LogP contribution in [0.5, 0.6) is 0 Å². The first kappa shape index (κ1) is 16.8. The summed E-state index contributed by atoms with van der Waals surface area (Å²) in [5.41, 5.74) is 2.37. The maximum Gasteiger partial charge on any atom is 0.250 e. The molecule has 0 aliphatic heterocycles. The lowest BCUT2D eigenvalue weighted by Gasteiger charge is -2.09. The van der Waals surface area contributed by atoms with Crippen molar-refractivity contribution in [3.8, 4) is 11.4 Å². The van der Waals surface area contributed by atoms with Crippen LogP contribution in [-0.4, -0.2) is 34.2 Å². The lowest BCUT2D eigenvalue weighted by atomic mass is 10.1. The number of aromatic nitrogens is 3. The van der Waals surface area contributed by atoms with Crippen molar-refractivity contribution in [2.45, 2.75) is 13.3 Å². The van der Waals surface area contributed by atoms with Crippen LogP contribution in [-0.2, 0) is 16.0 Å². The smallest absolute Gasteiger partial charge is 0.250 e. The van der Waals surface area contributed by atoms with Crippen molar-refractivity contribution in [2.24, 2.45) is 0 Å². The number of amides is 1. The molecule has 0 saturated carbocycles. The first-order valence-corrected chi connectivity index (χ1v) is 7.94. The quantitative estimate of drug-likeness (QED) is 0.712. The second kappa shape index (κ2) is 8.16. The molecule has 0 unspecified atom stereocenters. The molecule has 2 heterocycles. The summed E-state index contributed by atoms with van der Waals surface area (Å²) in [6.07, 6.45) is 3.78. The molecule has 2 aromatic heterocycles. The molecule has 128 valence electrons. The van der Waals surface area contributed by atoms with Gasteiger partial charge in [-0.25, -0.2) is 0 Å². The van der Waals surface area contributed by atoms with Gasteiger partial charge in [0.05, 0.1) is 6.42 Å². The summed E-state index contributed by atoms with van der Waals surface area (Å²) < 4.78 is 10.4. The van der Waals surface area contributed by atoms with E-state index in [0.717, 1.165) is 11.1 Å². The standard InChI is InChI=1S/C18H18N4O3/c1-2-24-12-16(23)20-15-8-4-3-6-13(15)10-17-21-18(22-25-17)14-7-5-9-19-11-14/h3-9,11H,2,10,12H2,1H3,(H,20,23). The van der Waals surface area contributed by atoms with Crippen molar-refractivity contribution >= 4 is 11.6 Å². The Morgan fingerprint density at radius 2 is 2.12 bits per heavy atom. The van der Waals surface area contributed by atoms with Crippen LogP contribution in [0.15, 0.2) is 53.3 Å². The van der Waals surface area contributed by atoms with E-state index >= 15 is 0 Å². The molecule has 0 saturated heterocycles. The number of para-hydroxylation sites is 1. The van der Waals surface area contributed by atoms with Gasteiger partial charge in [0.15, 0.2) is 0 Å². The van der Waals surface area contributed by atoms with E-state index in [-0.39, 0.29) is 12.5 Å². The summed E-state index contributed by atoms with van der Waals surface area (Å²) in [6.45, 7) is 2.36. The summed E-state index contributed by atoms with van der Waals surface area (Å²) in [6, 6.07) is 11.2. The van der Waals surface area contributed by atoms with Gasteiger partial charge in [0, 0.05) is 30.3 Å². The minimum absolute atomic E-state index is 0.0244. The second-order valence-electron chi connectivity index (χ2n) is 5.27. The molecule has 0 fully saturated rings. The van der Waals surface area contributed by atoms with Gasteiger partial charge >= 0.3 is 0 Å². The highest BCUT2D eigenvalue weighted by molar-refractivity contribution is 5.92. The summed E-state index contributed by atoms with van der Waals surface area (Å²) in [5.74, 6) is 0.752. The normalized spacial score (nSPS) is 10.6. The molecular formula is C18H18N4O3. The van der Waals surface area contributed by atoms with Crippen LogP contribution in [0, 0.1) is 0 Å². The molecule has 0 aliphatic rings. The Bertz CT molecular complexity index is 833. The van der Waals surface area contributed by atoms with Crippen molar-refractivity contribution in [1.82, 2.24) is 15.1 Å². The molecule has 0 aliphatic carbocycles. The number of carbonyl (C=O) groups is 1. The summed E-state index contributed by atoms with van der Waals surface area (Å²) in [4.78, 5) is 20.3. The van der Waals surface area contributed by atoms with Crippen LogP contribution < -0.4 is 5.32 Å². The molecule has 3 aromatic rings. The molecule has 7 nitrogen and oxygen atoms in total. The first-order valence-electron chi connectivity index (χ1n) is 7.94. The van der Waals surface area contributed by atoms with Crippen LogP contribution in [0.2, 0.25) is 0 Å². The second-order valence-corrected chi connectivity index (χ2v) is 5.27. The van der Waals surface area contributed by atoms with Crippen molar-refractivity contribution in [2.75, 3.05) is 18.5 Å². The third kappa shape index (κ3) is 4.48. The molecule has 0 spiro atoms. The topological polar surface area (TPSA) is 90.1 Å². The van der Waals surface area contributed by atoms with Gasteiger partial charge in [0.25, 0.3) is 0 Å². The van der Waals surface area contributed by atoms with Crippen molar-refractivity contribution in [3.63, 3.8) is 0 Å². The maximum atomic E-state index is 11.9.